The molecule has 1 atom stereocenters. The van der Waals surface area contributed by atoms with Crippen LogP contribution in [0.4, 0.5) is 5.69 Å². The number of thioether (sulfide) groups is 1. The Balaban J connectivity index is 2.17. The summed E-state index contributed by atoms with van der Waals surface area (Å²) < 4.78 is 7.06. The normalized spacial score (nSPS) is 12.6. The number of ether oxygens (including phenoxy) is 1. The number of benzene rings is 2. The van der Waals surface area contributed by atoms with E-state index in [4.69, 9.17) is 16.3 Å². The highest BCUT2D eigenvalue weighted by molar-refractivity contribution is 7.98. The summed E-state index contributed by atoms with van der Waals surface area (Å²) in [6.45, 7) is 1.62. The molecule has 2 aromatic carbocycles. The maximum absolute atomic E-state index is 13.3. The van der Waals surface area contributed by atoms with Crippen LogP contribution in [0.2, 0.25) is 5.02 Å². The van der Waals surface area contributed by atoms with Gasteiger partial charge in [-0.3, -0.25) is 14.3 Å². The number of hydrogen-bond donors (Lipinski definition) is 1. The van der Waals surface area contributed by atoms with Crippen LogP contribution in [0.1, 0.15) is 12.5 Å². The van der Waals surface area contributed by atoms with E-state index in [1.54, 1.807) is 49.0 Å². The van der Waals surface area contributed by atoms with Crippen LogP contribution in [-0.4, -0.2) is 33.5 Å². The maximum Gasteiger partial charge on any atom is 0.335 e. The molecule has 0 saturated carbocycles. The van der Waals surface area contributed by atoms with Gasteiger partial charge in [-0.2, -0.15) is 0 Å². The van der Waals surface area contributed by atoms with Gasteiger partial charge in [-0.05, 0) is 42.2 Å². The van der Waals surface area contributed by atoms with E-state index in [0.29, 0.717) is 10.7 Å². The van der Waals surface area contributed by atoms with Gasteiger partial charge >= 0.3 is 17.3 Å². The fraction of sp³-hybridized carbons (Fsp3) is 0.273. The largest absolute Gasteiger partial charge is 0.469 e. The zero-order chi connectivity index (χ0) is 23.3. The molecule has 10 heteroatoms. The maximum atomic E-state index is 13.3. The van der Waals surface area contributed by atoms with Crippen molar-refractivity contribution in [3.8, 4) is 0 Å². The highest BCUT2D eigenvalue weighted by Gasteiger charge is 2.18. The summed E-state index contributed by atoms with van der Waals surface area (Å²) in [6.07, 6.45) is 1.95. The van der Waals surface area contributed by atoms with Gasteiger partial charge in [0.05, 0.1) is 25.3 Å². The molecule has 0 radical (unpaired) electrons. The fourth-order valence-electron chi connectivity index (χ4n) is 3.07. The molecule has 0 bridgehead atoms. The standard InChI is InChI=1S/C22H23ClN4O4S/c1-14(19(28)31-2)12-27-21(29)25-20(24-17-5-4-6-18(11-17)32-3)26(22(27)30)13-15-7-9-16(23)10-8-15/h4-11,14H,12-13H2,1-3H3,(H,24,25,29)/t14-/m0/s1. The number of methoxy groups -OCH3 is 1. The van der Waals surface area contributed by atoms with E-state index in [0.717, 1.165) is 15.0 Å². The van der Waals surface area contributed by atoms with E-state index in [1.807, 2.05) is 24.5 Å². The molecule has 3 rings (SSSR count). The van der Waals surface area contributed by atoms with Crippen LogP contribution < -0.4 is 17.0 Å². The van der Waals surface area contributed by atoms with Gasteiger partial charge in [-0.1, -0.05) is 36.7 Å². The zero-order valence-electron chi connectivity index (χ0n) is 17.9. The molecule has 3 aromatic rings. The van der Waals surface area contributed by atoms with Gasteiger partial charge < -0.3 is 4.74 Å². The van der Waals surface area contributed by atoms with Gasteiger partial charge in [0.15, 0.2) is 0 Å². The number of rotatable bonds is 7. The summed E-state index contributed by atoms with van der Waals surface area (Å²) in [5.41, 5.74) is 0.259. The second kappa shape index (κ2) is 10.5. The van der Waals surface area contributed by atoms with Crippen molar-refractivity contribution in [1.29, 1.82) is 0 Å². The summed E-state index contributed by atoms with van der Waals surface area (Å²) in [7, 11) is 1.26. The van der Waals surface area contributed by atoms with Crippen molar-refractivity contribution in [3.05, 3.63) is 85.7 Å². The highest BCUT2D eigenvalue weighted by atomic mass is 35.5. The molecule has 1 heterocycles. The van der Waals surface area contributed by atoms with E-state index < -0.39 is 23.3 Å². The molecule has 0 saturated heterocycles. The Labute approximate surface area is 193 Å². The van der Waals surface area contributed by atoms with Gasteiger partial charge in [-0.15, -0.1) is 11.8 Å². The number of halogens is 1. The highest BCUT2D eigenvalue weighted by Crippen LogP contribution is 2.20. The quantitative estimate of drug-likeness (QED) is 0.419. The van der Waals surface area contributed by atoms with Crippen molar-refractivity contribution < 1.29 is 9.53 Å². The topological polar surface area (TPSA) is 98.4 Å². The van der Waals surface area contributed by atoms with Gasteiger partial charge in [0.25, 0.3) is 0 Å². The lowest BCUT2D eigenvalue weighted by molar-refractivity contribution is -0.145. The van der Waals surface area contributed by atoms with Gasteiger partial charge in [0, 0.05) is 16.5 Å². The molecule has 8 nitrogen and oxygen atoms in total. The minimum Gasteiger partial charge on any atom is -0.469 e. The Morgan fingerprint density at radius 3 is 2.56 bits per heavy atom. The first kappa shape index (κ1) is 23.6. The Hall–Kier alpha value is -3.04. The van der Waals surface area contributed by atoms with E-state index in [2.05, 4.69) is 9.98 Å². The average Bonchev–Trinajstić information content (AvgIpc) is 2.79. The number of nitrogens with zero attached hydrogens (tertiary/aromatic N) is 3. The molecule has 1 aromatic heterocycles. The number of esters is 1. The lowest BCUT2D eigenvalue weighted by Crippen LogP contribution is -2.51. The third kappa shape index (κ3) is 5.60. The molecule has 0 amide bonds. The first-order valence-electron chi connectivity index (χ1n) is 9.77. The minimum absolute atomic E-state index is 0.107. The van der Waals surface area contributed by atoms with Crippen molar-refractivity contribution in [2.75, 3.05) is 13.4 Å². The first-order valence-corrected chi connectivity index (χ1v) is 11.4. The van der Waals surface area contributed by atoms with E-state index in [-0.39, 0.29) is 18.7 Å². The Bertz CT molecular complexity index is 1290. The molecule has 0 fully saturated rings. The average molecular weight is 475 g/mol. The summed E-state index contributed by atoms with van der Waals surface area (Å²) in [5, 5.41) is 0.573. The number of carbonyl (C=O) groups is 1. The minimum atomic E-state index is -0.677. The molecule has 0 spiro atoms. The van der Waals surface area contributed by atoms with Crippen molar-refractivity contribution in [1.82, 2.24) is 14.1 Å². The number of H-pyrrole nitrogens is 1. The summed E-state index contributed by atoms with van der Waals surface area (Å²) in [6, 6.07) is 14.5. The number of aromatic amines is 1. The Morgan fingerprint density at radius 2 is 1.91 bits per heavy atom. The number of carbonyl (C=O) groups excluding carboxylic acids is 1. The Kier molecular flexibility index (Phi) is 7.76. The lowest BCUT2D eigenvalue weighted by Gasteiger charge is -2.14. The summed E-state index contributed by atoms with van der Waals surface area (Å²) in [4.78, 5) is 46.1. The summed E-state index contributed by atoms with van der Waals surface area (Å²) >= 11 is 7.54. The lowest BCUT2D eigenvalue weighted by atomic mass is 10.2. The fourth-order valence-corrected chi connectivity index (χ4v) is 3.65. The van der Waals surface area contributed by atoms with E-state index in [9.17, 15) is 14.4 Å². The molecule has 0 aliphatic rings. The van der Waals surface area contributed by atoms with Crippen molar-refractivity contribution in [2.45, 2.75) is 24.9 Å². The first-order chi connectivity index (χ1) is 15.3. The van der Waals surface area contributed by atoms with Gasteiger partial charge in [-0.25, -0.2) is 19.1 Å². The van der Waals surface area contributed by atoms with Crippen LogP contribution in [0.3, 0.4) is 0 Å². The third-order valence-corrected chi connectivity index (χ3v) is 5.76. The predicted molar refractivity (Wildman–Crippen MR) is 124 cm³/mol. The zero-order valence-corrected chi connectivity index (χ0v) is 19.4. The van der Waals surface area contributed by atoms with E-state index >= 15 is 0 Å². The number of hydrogen-bond acceptors (Lipinski definition) is 6. The van der Waals surface area contributed by atoms with Crippen LogP contribution in [0.25, 0.3) is 0 Å². The monoisotopic (exact) mass is 474 g/mol. The molecular weight excluding hydrogens is 452 g/mol. The van der Waals surface area contributed by atoms with Crippen molar-refractivity contribution in [3.63, 3.8) is 0 Å². The molecular formula is C22H23ClN4O4S. The SMILES string of the molecule is COC(=O)[C@@H](C)Cn1c(=O)[nH]/c(=N\c2cccc(SC)c2)n(Cc2ccc(Cl)cc2)c1=O. The van der Waals surface area contributed by atoms with Gasteiger partial charge in [0.1, 0.15) is 0 Å². The predicted octanol–water partition coefficient (Wildman–Crippen LogP) is 2.80. The third-order valence-electron chi connectivity index (χ3n) is 4.78. The molecule has 32 heavy (non-hydrogen) atoms. The van der Waals surface area contributed by atoms with Crippen LogP contribution in [0, 0.1) is 5.92 Å². The Morgan fingerprint density at radius 1 is 1.19 bits per heavy atom. The second-order valence-corrected chi connectivity index (χ2v) is 8.41. The molecule has 1 N–H and O–H groups in total. The van der Waals surface area contributed by atoms with Crippen LogP contribution in [-0.2, 0) is 22.6 Å². The molecule has 168 valence electrons. The van der Waals surface area contributed by atoms with Crippen molar-refractivity contribution >= 4 is 35.0 Å². The van der Waals surface area contributed by atoms with Crippen LogP contribution >= 0.6 is 23.4 Å². The van der Waals surface area contributed by atoms with Crippen LogP contribution in [0.5, 0.6) is 0 Å². The molecule has 0 aliphatic heterocycles. The number of nitrogens with one attached hydrogen (secondary N) is 1. The molecule has 0 unspecified atom stereocenters. The van der Waals surface area contributed by atoms with E-state index in [1.165, 1.54) is 11.7 Å². The molecule has 0 aliphatic carbocycles. The van der Waals surface area contributed by atoms with Crippen molar-refractivity contribution in [2.24, 2.45) is 10.9 Å². The van der Waals surface area contributed by atoms with Gasteiger partial charge in [0.2, 0.25) is 5.62 Å². The number of aromatic nitrogens is 3. The summed E-state index contributed by atoms with van der Waals surface area (Å²) in [5.74, 6) is -1.19. The van der Waals surface area contributed by atoms with Crippen LogP contribution in [0.15, 0.2) is 68.0 Å². The smallest absolute Gasteiger partial charge is 0.335 e. The second-order valence-electron chi connectivity index (χ2n) is 7.10.